The van der Waals surface area contributed by atoms with Gasteiger partial charge in [0.1, 0.15) is 5.82 Å². The van der Waals surface area contributed by atoms with Gasteiger partial charge in [0.05, 0.1) is 5.52 Å². The Bertz CT molecular complexity index is 620. The average molecular weight is 244 g/mol. The topological polar surface area (TPSA) is 24.9 Å². The maximum atomic E-state index is 13.5. The third-order valence-corrected chi connectivity index (χ3v) is 3.63. The molecule has 0 spiro atoms. The lowest BCUT2D eigenvalue weighted by Crippen LogP contribution is -2.04. The lowest BCUT2D eigenvalue weighted by atomic mass is 10.0. The zero-order valence-electron chi connectivity index (χ0n) is 10.8. The van der Waals surface area contributed by atoms with Crippen LogP contribution >= 0.6 is 0 Å². The third kappa shape index (κ3) is 1.65. The van der Waals surface area contributed by atoms with Crippen molar-refractivity contribution in [2.75, 3.05) is 11.9 Å². The number of rotatable bonds is 2. The first-order valence-electron chi connectivity index (χ1n) is 6.56. The molecule has 1 aliphatic rings. The number of nitrogens with one attached hydrogen (secondary N) is 1. The van der Waals surface area contributed by atoms with Crippen LogP contribution in [0.15, 0.2) is 12.1 Å². The normalized spacial score (nSPS) is 13.9. The van der Waals surface area contributed by atoms with E-state index in [1.165, 1.54) is 11.3 Å². The van der Waals surface area contributed by atoms with Gasteiger partial charge in [0.2, 0.25) is 0 Å². The van der Waals surface area contributed by atoms with E-state index in [0.29, 0.717) is 0 Å². The summed E-state index contributed by atoms with van der Waals surface area (Å²) < 4.78 is 13.5. The summed E-state index contributed by atoms with van der Waals surface area (Å²) in [6.45, 7) is 4.92. The maximum absolute atomic E-state index is 13.5. The first kappa shape index (κ1) is 11.5. The van der Waals surface area contributed by atoms with Crippen molar-refractivity contribution in [1.29, 1.82) is 0 Å². The number of fused-ring (bicyclic) bond motifs is 2. The average Bonchev–Trinajstić information content (AvgIpc) is 2.75. The lowest BCUT2D eigenvalue weighted by Gasteiger charge is -2.15. The number of nitrogens with zero attached hydrogens (tertiary/aromatic N) is 1. The zero-order valence-corrected chi connectivity index (χ0v) is 10.8. The Labute approximate surface area is 106 Å². The standard InChI is InChI=1S/C15H17FN2/c1-3-17-15-11-5-4-6-12(11)18-13-8-10(16)7-9(2)14(13)15/h7-8H,3-6H2,1-2H3,(H,17,18). The summed E-state index contributed by atoms with van der Waals surface area (Å²) in [5, 5.41) is 4.53. The minimum absolute atomic E-state index is 0.201. The minimum Gasteiger partial charge on any atom is -0.384 e. The summed E-state index contributed by atoms with van der Waals surface area (Å²) in [4.78, 5) is 4.64. The Balaban J connectivity index is 2.38. The van der Waals surface area contributed by atoms with Crippen LogP contribution in [0, 0.1) is 12.7 Å². The fraction of sp³-hybridized carbons (Fsp3) is 0.400. The van der Waals surface area contributed by atoms with Gasteiger partial charge in [-0.05, 0) is 50.3 Å². The van der Waals surface area contributed by atoms with E-state index in [0.717, 1.165) is 48.0 Å². The number of pyridine rings is 1. The molecule has 1 aliphatic carbocycles. The van der Waals surface area contributed by atoms with Crippen LogP contribution in [0.2, 0.25) is 0 Å². The highest BCUT2D eigenvalue weighted by molar-refractivity contribution is 5.96. The van der Waals surface area contributed by atoms with Crippen LogP contribution in [0.25, 0.3) is 10.9 Å². The molecule has 0 saturated carbocycles. The van der Waals surface area contributed by atoms with Gasteiger partial charge >= 0.3 is 0 Å². The molecule has 0 radical (unpaired) electrons. The molecule has 0 unspecified atom stereocenters. The Morgan fingerprint density at radius 3 is 2.94 bits per heavy atom. The molecule has 3 rings (SSSR count). The maximum Gasteiger partial charge on any atom is 0.125 e. The van der Waals surface area contributed by atoms with Crippen molar-refractivity contribution in [3.8, 4) is 0 Å². The monoisotopic (exact) mass is 244 g/mol. The molecule has 1 aromatic carbocycles. The van der Waals surface area contributed by atoms with Crippen molar-refractivity contribution in [3.63, 3.8) is 0 Å². The van der Waals surface area contributed by atoms with Crippen LogP contribution in [0.3, 0.4) is 0 Å². The van der Waals surface area contributed by atoms with Crippen molar-refractivity contribution < 1.29 is 4.39 Å². The highest BCUT2D eigenvalue weighted by atomic mass is 19.1. The molecular weight excluding hydrogens is 227 g/mol. The number of hydrogen-bond acceptors (Lipinski definition) is 2. The second-order valence-corrected chi connectivity index (χ2v) is 4.91. The van der Waals surface area contributed by atoms with E-state index in [-0.39, 0.29) is 5.82 Å². The molecular formula is C15H17FN2. The predicted octanol–water partition coefficient (Wildman–Crippen LogP) is 3.60. The molecule has 0 fully saturated rings. The minimum atomic E-state index is -0.201. The Kier molecular flexibility index (Phi) is 2.69. The quantitative estimate of drug-likeness (QED) is 0.873. The van der Waals surface area contributed by atoms with E-state index in [1.54, 1.807) is 12.1 Å². The van der Waals surface area contributed by atoms with Crippen LogP contribution in [0.4, 0.5) is 10.1 Å². The molecule has 1 N–H and O–H groups in total. The van der Waals surface area contributed by atoms with Crippen LogP contribution in [0.5, 0.6) is 0 Å². The summed E-state index contributed by atoms with van der Waals surface area (Å²) in [5.74, 6) is -0.201. The van der Waals surface area contributed by atoms with E-state index in [1.807, 2.05) is 6.92 Å². The number of benzene rings is 1. The largest absolute Gasteiger partial charge is 0.384 e. The summed E-state index contributed by atoms with van der Waals surface area (Å²) in [7, 11) is 0. The molecule has 0 bridgehead atoms. The number of aryl methyl sites for hydroxylation is 2. The molecule has 18 heavy (non-hydrogen) atoms. The first-order valence-corrected chi connectivity index (χ1v) is 6.56. The third-order valence-electron chi connectivity index (χ3n) is 3.63. The number of aromatic nitrogens is 1. The Hall–Kier alpha value is -1.64. The highest BCUT2D eigenvalue weighted by Gasteiger charge is 2.20. The van der Waals surface area contributed by atoms with E-state index in [9.17, 15) is 4.39 Å². The number of anilines is 1. The van der Waals surface area contributed by atoms with Crippen molar-refractivity contribution in [3.05, 3.63) is 34.8 Å². The summed E-state index contributed by atoms with van der Waals surface area (Å²) in [5.41, 5.74) is 5.39. The van der Waals surface area contributed by atoms with E-state index >= 15 is 0 Å². The molecule has 2 nitrogen and oxygen atoms in total. The van der Waals surface area contributed by atoms with Gasteiger partial charge < -0.3 is 5.32 Å². The first-order chi connectivity index (χ1) is 8.70. The van der Waals surface area contributed by atoms with Crippen molar-refractivity contribution in [2.24, 2.45) is 0 Å². The highest BCUT2D eigenvalue weighted by Crippen LogP contribution is 2.35. The molecule has 2 aromatic rings. The second kappa shape index (κ2) is 4.23. The van der Waals surface area contributed by atoms with Gasteiger partial charge in [-0.2, -0.15) is 0 Å². The fourth-order valence-corrected chi connectivity index (χ4v) is 2.93. The summed E-state index contributed by atoms with van der Waals surface area (Å²) in [6.07, 6.45) is 3.25. The molecule has 94 valence electrons. The van der Waals surface area contributed by atoms with Gasteiger partial charge in [0, 0.05) is 29.4 Å². The lowest BCUT2D eigenvalue weighted by molar-refractivity contribution is 0.628. The molecule has 0 saturated heterocycles. The van der Waals surface area contributed by atoms with Crippen LogP contribution < -0.4 is 5.32 Å². The second-order valence-electron chi connectivity index (χ2n) is 4.91. The molecule has 3 heteroatoms. The SMILES string of the molecule is CCNc1c2c(nc3cc(F)cc(C)c13)CCC2. The molecule has 1 aromatic heterocycles. The van der Waals surface area contributed by atoms with Gasteiger partial charge in [-0.3, -0.25) is 4.98 Å². The van der Waals surface area contributed by atoms with Gasteiger partial charge in [-0.25, -0.2) is 4.39 Å². The van der Waals surface area contributed by atoms with Crippen molar-refractivity contribution >= 4 is 16.6 Å². The molecule has 0 amide bonds. The molecule has 0 aliphatic heterocycles. The predicted molar refractivity (Wildman–Crippen MR) is 72.6 cm³/mol. The van der Waals surface area contributed by atoms with Crippen LogP contribution in [0.1, 0.15) is 30.2 Å². The van der Waals surface area contributed by atoms with Crippen LogP contribution in [-0.2, 0) is 12.8 Å². The van der Waals surface area contributed by atoms with Gasteiger partial charge in [0.25, 0.3) is 0 Å². The Morgan fingerprint density at radius 1 is 1.33 bits per heavy atom. The van der Waals surface area contributed by atoms with Gasteiger partial charge in [-0.15, -0.1) is 0 Å². The Morgan fingerprint density at radius 2 is 2.17 bits per heavy atom. The number of halogens is 1. The van der Waals surface area contributed by atoms with Crippen molar-refractivity contribution in [1.82, 2.24) is 4.98 Å². The van der Waals surface area contributed by atoms with Crippen LogP contribution in [-0.4, -0.2) is 11.5 Å². The van der Waals surface area contributed by atoms with E-state index in [2.05, 4.69) is 17.2 Å². The molecule has 1 heterocycles. The zero-order chi connectivity index (χ0) is 12.7. The fourth-order valence-electron chi connectivity index (χ4n) is 2.93. The number of hydrogen-bond donors (Lipinski definition) is 1. The van der Waals surface area contributed by atoms with E-state index < -0.39 is 0 Å². The van der Waals surface area contributed by atoms with E-state index in [4.69, 9.17) is 0 Å². The summed E-state index contributed by atoms with van der Waals surface area (Å²) in [6, 6.07) is 3.13. The molecule has 0 atom stereocenters. The summed E-state index contributed by atoms with van der Waals surface area (Å²) >= 11 is 0. The smallest absolute Gasteiger partial charge is 0.125 e. The van der Waals surface area contributed by atoms with Gasteiger partial charge in [0.15, 0.2) is 0 Å². The van der Waals surface area contributed by atoms with Gasteiger partial charge in [-0.1, -0.05) is 0 Å². The van der Waals surface area contributed by atoms with Crippen molar-refractivity contribution in [2.45, 2.75) is 33.1 Å².